The molecule has 0 saturated carbocycles. The number of pyridine rings is 1. The summed E-state index contributed by atoms with van der Waals surface area (Å²) in [6.45, 7) is 2.46. The molecule has 1 unspecified atom stereocenters. The molecule has 0 spiro atoms. The van der Waals surface area contributed by atoms with E-state index in [1.807, 2.05) is 19.1 Å². The van der Waals surface area contributed by atoms with Crippen molar-refractivity contribution >= 4 is 15.7 Å². The van der Waals surface area contributed by atoms with Gasteiger partial charge in [-0.25, -0.2) is 13.4 Å². The van der Waals surface area contributed by atoms with Crippen LogP contribution < -0.4 is 5.32 Å². The number of sulfone groups is 1. The first kappa shape index (κ1) is 11.4. The lowest BCUT2D eigenvalue weighted by Gasteiger charge is -2.11. The van der Waals surface area contributed by atoms with Gasteiger partial charge < -0.3 is 5.32 Å². The zero-order valence-corrected chi connectivity index (χ0v) is 10.1. The van der Waals surface area contributed by atoms with E-state index >= 15 is 0 Å². The fourth-order valence-electron chi connectivity index (χ4n) is 1.94. The lowest BCUT2D eigenvalue weighted by molar-refractivity contribution is 0.591. The summed E-state index contributed by atoms with van der Waals surface area (Å²) in [5.74, 6) is 1.09. The summed E-state index contributed by atoms with van der Waals surface area (Å²) in [4.78, 5) is 4.14. The second-order valence-electron chi connectivity index (χ2n) is 4.23. The Morgan fingerprint density at radius 1 is 1.56 bits per heavy atom. The third-order valence-corrected chi connectivity index (χ3v) is 5.16. The first-order valence-electron chi connectivity index (χ1n) is 5.46. The summed E-state index contributed by atoms with van der Waals surface area (Å²) in [5, 5.41) is 2.85. The third-order valence-electron chi connectivity index (χ3n) is 2.89. The van der Waals surface area contributed by atoms with E-state index in [-0.39, 0.29) is 5.25 Å². The van der Waals surface area contributed by atoms with E-state index in [0.717, 1.165) is 24.2 Å². The molecule has 1 fully saturated rings. The van der Waals surface area contributed by atoms with Gasteiger partial charge in [-0.1, -0.05) is 0 Å². The zero-order chi connectivity index (χ0) is 11.6. The molecule has 1 atom stereocenters. The fraction of sp³-hybridized carbons (Fsp3) is 0.545. The van der Waals surface area contributed by atoms with Crippen molar-refractivity contribution in [3.05, 3.63) is 23.9 Å². The van der Waals surface area contributed by atoms with Crippen LogP contribution in [0.15, 0.2) is 18.3 Å². The molecule has 5 heteroatoms. The number of nitrogens with one attached hydrogen (secondary N) is 1. The van der Waals surface area contributed by atoms with Gasteiger partial charge in [0.25, 0.3) is 0 Å². The highest BCUT2D eigenvalue weighted by Gasteiger charge is 2.30. The average Bonchev–Trinajstić information content (AvgIpc) is 2.55. The summed E-state index contributed by atoms with van der Waals surface area (Å²) >= 11 is 0. The van der Waals surface area contributed by atoms with Gasteiger partial charge in [-0.2, -0.15) is 0 Å². The van der Waals surface area contributed by atoms with E-state index in [1.54, 1.807) is 6.20 Å². The Kier molecular flexibility index (Phi) is 3.14. The molecule has 0 bridgehead atoms. The Morgan fingerprint density at radius 2 is 2.38 bits per heavy atom. The highest BCUT2D eigenvalue weighted by Crippen LogP contribution is 2.20. The van der Waals surface area contributed by atoms with Crippen LogP contribution >= 0.6 is 0 Å². The Balaban J connectivity index is 1.98. The number of hydrogen-bond acceptors (Lipinski definition) is 4. The molecule has 4 nitrogen and oxygen atoms in total. The molecule has 1 N–H and O–H groups in total. The lowest BCUT2D eigenvalue weighted by atomic mass is 10.2. The van der Waals surface area contributed by atoms with Crippen LogP contribution in [0.2, 0.25) is 0 Å². The molecule has 1 aliphatic heterocycles. The zero-order valence-electron chi connectivity index (χ0n) is 9.31. The maximum absolute atomic E-state index is 11.6. The van der Waals surface area contributed by atoms with Crippen molar-refractivity contribution in [1.29, 1.82) is 0 Å². The Hall–Kier alpha value is -1.10. The predicted molar refractivity (Wildman–Crippen MR) is 64.3 cm³/mol. The number of anilines is 1. The van der Waals surface area contributed by atoms with Crippen molar-refractivity contribution < 1.29 is 8.42 Å². The van der Waals surface area contributed by atoms with Crippen LogP contribution in [0, 0.1) is 6.92 Å². The Morgan fingerprint density at radius 3 is 3.00 bits per heavy atom. The largest absolute Gasteiger partial charge is 0.369 e. The molecule has 88 valence electrons. The molecule has 1 aromatic heterocycles. The summed E-state index contributed by atoms with van der Waals surface area (Å²) < 4.78 is 23.2. The Bertz CT molecular complexity index is 471. The van der Waals surface area contributed by atoms with Gasteiger partial charge in [-0.05, 0) is 37.5 Å². The smallest absolute Gasteiger partial charge is 0.154 e. The Labute approximate surface area is 96.0 Å². The van der Waals surface area contributed by atoms with Gasteiger partial charge in [0, 0.05) is 12.7 Å². The van der Waals surface area contributed by atoms with Gasteiger partial charge >= 0.3 is 0 Å². The standard InChI is InChI=1S/C11H16N2O2S/c1-9-4-5-12-11(7-9)13-8-10-3-2-6-16(10,14)15/h4-5,7,10H,2-3,6,8H2,1H3,(H,12,13). The molecular formula is C11H16N2O2S. The van der Waals surface area contributed by atoms with E-state index < -0.39 is 9.84 Å². The van der Waals surface area contributed by atoms with Gasteiger partial charge in [0.2, 0.25) is 0 Å². The third kappa shape index (κ3) is 2.52. The fourth-order valence-corrected chi connectivity index (χ4v) is 3.70. The maximum Gasteiger partial charge on any atom is 0.154 e. The van der Waals surface area contributed by atoms with Gasteiger partial charge in [0.1, 0.15) is 5.82 Å². The average molecular weight is 240 g/mol. The molecule has 1 aromatic rings. The minimum atomic E-state index is -2.86. The van der Waals surface area contributed by atoms with E-state index in [1.165, 1.54) is 0 Å². The molecule has 16 heavy (non-hydrogen) atoms. The van der Waals surface area contributed by atoms with Gasteiger partial charge in [-0.3, -0.25) is 0 Å². The predicted octanol–water partition coefficient (Wildman–Crippen LogP) is 1.38. The van der Waals surface area contributed by atoms with Crippen molar-refractivity contribution in [3.8, 4) is 0 Å². The highest BCUT2D eigenvalue weighted by atomic mass is 32.2. The van der Waals surface area contributed by atoms with Crippen LogP contribution in [0.5, 0.6) is 0 Å². The molecule has 0 amide bonds. The van der Waals surface area contributed by atoms with Crippen molar-refractivity contribution in [3.63, 3.8) is 0 Å². The molecular weight excluding hydrogens is 224 g/mol. The first-order valence-corrected chi connectivity index (χ1v) is 7.17. The van der Waals surface area contributed by atoms with E-state index in [2.05, 4.69) is 10.3 Å². The van der Waals surface area contributed by atoms with Crippen LogP contribution in [0.1, 0.15) is 18.4 Å². The van der Waals surface area contributed by atoms with Gasteiger partial charge in [0.15, 0.2) is 9.84 Å². The second kappa shape index (κ2) is 4.41. The van der Waals surface area contributed by atoms with E-state index in [4.69, 9.17) is 0 Å². The molecule has 0 aliphatic carbocycles. The van der Waals surface area contributed by atoms with Crippen molar-refractivity contribution in [2.24, 2.45) is 0 Å². The second-order valence-corrected chi connectivity index (χ2v) is 6.63. The van der Waals surface area contributed by atoms with Crippen LogP contribution in [0.25, 0.3) is 0 Å². The minimum Gasteiger partial charge on any atom is -0.369 e. The van der Waals surface area contributed by atoms with Gasteiger partial charge in [-0.15, -0.1) is 0 Å². The lowest BCUT2D eigenvalue weighted by Crippen LogP contribution is -2.25. The first-order chi connectivity index (χ1) is 7.58. The van der Waals surface area contributed by atoms with Crippen LogP contribution in [0.4, 0.5) is 5.82 Å². The number of hydrogen-bond donors (Lipinski definition) is 1. The summed E-state index contributed by atoms with van der Waals surface area (Å²) in [6, 6.07) is 3.83. The molecule has 0 aromatic carbocycles. The maximum atomic E-state index is 11.6. The number of rotatable bonds is 3. The minimum absolute atomic E-state index is 0.241. The summed E-state index contributed by atoms with van der Waals surface area (Å²) in [5.41, 5.74) is 1.12. The molecule has 2 heterocycles. The number of aromatic nitrogens is 1. The van der Waals surface area contributed by atoms with Crippen molar-refractivity contribution in [1.82, 2.24) is 4.98 Å². The molecule has 1 saturated heterocycles. The quantitative estimate of drug-likeness (QED) is 0.867. The van der Waals surface area contributed by atoms with Crippen molar-refractivity contribution in [2.45, 2.75) is 25.0 Å². The van der Waals surface area contributed by atoms with E-state index in [9.17, 15) is 8.42 Å². The molecule has 1 aliphatic rings. The monoisotopic (exact) mass is 240 g/mol. The number of aryl methyl sites for hydroxylation is 1. The van der Waals surface area contributed by atoms with Crippen LogP contribution in [-0.2, 0) is 9.84 Å². The summed E-state index contributed by atoms with van der Waals surface area (Å²) in [7, 11) is -2.86. The highest BCUT2D eigenvalue weighted by molar-refractivity contribution is 7.92. The number of nitrogens with zero attached hydrogens (tertiary/aromatic N) is 1. The summed E-state index contributed by atoms with van der Waals surface area (Å²) in [6.07, 6.45) is 3.28. The normalized spacial score (nSPS) is 23.2. The van der Waals surface area contributed by atoms with Crippen LogP contribution in [-0.4, -0.2) is 30.9 Å². The van der Waals surface area contributed by atoms with E-state index in [0.29, 0.717) is 12.3 Å². The van der Waals surface area contributed by atoms with Crippen molar-refractivity contribution in [2.75, 3.05) is 17.6 Å². The van der Waals surface area contributed by atoms with Crippen LogP contribution in [0.3, 0.4) is 0 Å². The molecule has 0 radical (unpaired) electrons. The SMILES string of the molecule is Cc1ccnc(NCC2CCCS2(=O)=O)c1. The topological polar surface area (TPSA) is 59.1 Å². The molecule has 2 rings (SSSR count). The van der Waals surface area contributed by atoms with Gasteiger partial charge in [0.05, 0.1) is 11.0 Å².